The molecule has 2 N–H and O–H groups in total. The van der Waals surface area contributed by atoms with Crippen LogP contribution in [-0.4, -0.2) is 73.4 Å². The largest absolute Gasteiger partial charge is 0.392 e. The molecule has 3 atom stereocenters. The second kappa shape index (κ2) is 8.47. The first kappa shape index (κ1) is 18.9. The van der Waals surface area contributed by atoms with Gasteiger partial charge in [-0.2, -0.15) is 0 Å². The Morgan fingerprint density at radius 3 is 2.52 bits per heavy atom. The molecule has 3 unspecified atom stereocenters. The van der Waals surface area contributed by atoms with Gasteiger partial charge in [0, 0.05) is 31.7 Å². The molecule has 0 spiro atoms. The van der Waals surface area contributed by atoms with E-state index in [-0.39, 0.29) is 11.5 Å². The van der Waals surface area contributed by atoms with Crippen molar-refractivity contribution in [3.63, 3.8) is 0 Å². The van der Waals surface area contributed by atoms with Gasteiger partial charge in [0.15, 0.2) is 0 Å². The van der Waals surface area contributed by atoms with Gasteiger partial charge in [-0.05, 0) is 45.3 Å². The van der Waals surface area contributed by atoms with Gasteiger partial charge in [0.1, 0.15) is 0 Å². The Bertz CT molecular complexity index is 288. The van der Waals surface area contributed by atoms with Crippen LogP contribution in [0.25, 0.3) is 0 Å². The molecule has 0 aromatic carbocycles. The first-order valence-electron chi connectivity index (χ1n) is 8.54. The van der Waals surface area contributed by atoms with E-state index in [9.17, 15) is 5.11 Å². The first-order valence-corrected chi connectivity index (χ1v) is 8.54. The molecule has 0 radical (unpaired) electrons. The van der Waals surface area contributed by atoms with E-state index >= 15 is 0 Å². The molecule has 126 valence electrons. The van der Waals surface area contributed by atoms with E-state index in [2.05, 4.69) is 56.9 Å². The molecule has 1 aliphatic rings. The average molecular weight is 300 g/mol. The fraction of sp³-hybridized carbons (Fsp3) is 1.00. The van der Waals surface area contributed by atoms with Crippen molar-refractivity contribution in [1.82, 2.24) is 15.1 Å². The molecule has 1 aliphatic heterocycles. The monoisotopic (exact) mass is 299 g/mol. The van der Waals surface area contributed by atoms with Crippen LogP contribution in [0.3, 0.4) is 0 Å². The van der Waals surface area contributed by atoms with Crippen LogP contribution in [0.4, 0.5) is 0 Å². The Hall–Kier alpha value is -0.160. The van der Waals surface area contributed by atoms with Crippen molar-refractivity contribution in [2.45, 2.75) is 65.1 Å². The molecular formula is C17H37N3O. The highest BCUT2D eigenvalue weighted by molar-refractivity contribution is 4.89. The smallest absolute Gasteiger partial charge is 0.0682 e. The second-order valence-corrected chi connectivity index (χ2v) is 7.96. The van der Waals surface area contributed by atoms with E-state index in [1.54, 1.807) is 0 Å². The highest BCUT2D eigenvalue weighted by Crippen LogP contribution is 2.24. The van der Waals surface area contributed by atoms with Gasteiger partial charge in [-0.1, -0.05) is 27.7 Å². The lowest BCUT2D eigenvalue weighted by molar-refractivity contribution is 0.158. The highest BCUT2D eigenvalue weighted by atomic mass is 16.3. The molecule has 4 heteroatoms. The number of rotatable bonds is 8. The fourth-order valence-electron chi connectivity index (χ4n) is 3.30. The van der Waals surface area contributed by atoms with Crippen LogP contribution in [0.15, 0.2) is 0 Å². The van der Waals surface area contributed by atoms with E-state index in [0.29, 0.717) is 12.1 Å². The fourth-order valence-corrected chi connectivity index (χ4v) is 3.30. The van der Waals surface area contributed by atoms with Crippen molar-refractivity contribution in [1.29, 1.82) is 0 Å². The van der Waals surface area contributed by atoms with Gasteiger partial charge < -0.3 is 15.3 Å². The van der Waals surface area contributed by atoms with Gasteiger partial charge in [0.25, 0.3) is 0 Å². The summed E-state index contributed by atoms with van der Waals surface area (Å²) in [6.07, 6.45) is 3.10. The molecule has 0 aromatic heterocycles. The lowest BCUT2D eigenvalue weighted by Gasteiger charge is -2.34. The zero-order valence-electron chi connectivity index (χ0n) is 15.0. The van der Waals surface area contributed by atoms with Gasteiger partial charge in [0.2, 0.25) is 0 Å². The van der Waals surface area contributed by atoms with Crippen molar-refractivity contribution >= 4 is 0 Å². The number of aliphatic hydroxyl groups excluding tert-OH is 1. The third-order valence-corrected chi connectivity index (χ3v) is 4.47. The van der Waals surface area contributed by atoms with E-state index in [0.717, 1.165) is 39.0 Å². The quantitative estimate of drug-likeness (QED) is 0.717. The number of likely N-dealkylation sites (N-methyl/N-ethyl adjacent to an activating group) is 1. The summed E-state index contributed by atoms with van der Waals surface area (Å²) < 4.78 is 0. The van der Waals surface area contributed by atoms with Crippen molar-refractivity contribution in [3.05, 3.63) is 0 Å². The predicted octanol–water partition coefficient (Wildman–Crippen LogP) is 1.79. The summed E-state index contributed by atoms with van der Waals surface area (Å²) in [4.78, 5) is 4.71. The minimum absolute atomic E-state index is 0.147. The minimum Gasteiger partial charge on any atom is -0.392 e. The third-order valence-electron chi connectivity index (χ3n) is 4.47. The van der Waals surface area contributed by atoms with E-state index < -0.39 is 0 Å². The van der Waals surface area contributed by atoms with Gasteiger partial charge in [-0.15, -0.1) is 0 Å². The van der Waals surface area contributed by atoms with Crippen LogP contribution >= 0.6 is 0 Å². The molecule has 1 saturated heterocycles. The lowest BCUT2D eigenvalue weighted by Crippen LogP contribution is -2.45. The average Bonchev–Trinajstić information content (AvgIpc) is 2.67. The summed E-state index contributed by atoms with van der Waals surface area (Å²) in [5.41, 5.74) is 0.282. The molecule has 0 saturated carbocycles. The molecule has 0 aliphatic carbocycles. The Kier molecular flexibility index (Phi) is 7.62. The highest BCUT2D eigenvalue weighted by Gasteiger charge is 2.32. The summed E-state index contributed by atoms with van der Waals surface area (Å²) >= 11 is 0. The zero-order valence-corrected chi connectivity index (χ0v) is 15.0. The molecular weight excluding hydrogens is 262 g/mol. The molecule has 1 rings (SSSR count). The SMILES string of the molecule is CCCNC(CCN1CC(O)CC1CN(C)C)C(C)(C)C. The number of hydrogen-bond donors (Lipinski definition) is 2. The number of nitrogens with one attached hydrogen (secondary N) is 1. The molecule has 0 amide bonds. The Labute approximate surface area is 131 Å². The van der Waals surface area contributed by atoms with Crippen molar-refractivity contribution < 1.29 is 5.11 Å². The third kappa shape index (κ3) is 6.64. The number of aliphatic hydroxyl groups is 1. The number of β-amino-alcohol motifs (C(OH)–C–C–N with tert-alkyl or cyclic N) is 1. The molecule has 4 nitrogen and oxygen atoms in total. The van der Waals surface area contributed by atoms with Crippen LogP contribution in [0, 0.1) is 5.41 Å². The predicted molar refractivity (Wildman–Crippen MR) is 90.7 cm³/mol. The van der Waals surface area contributed by atoms with Crippen LogP contribution in [0.5, 0.6) is 0 Å². The maximum atomic E-state index is 9.97. The Morgan fingerprint density at radius 2 is 2.00 bits per heavy atom. The van der Waals surface area contributed by atoms with E-state index in [1.165, 1.54) is 6.42 Å². The topological polar surface area (TPSA) is 38.7 Å². The van der Waals surface area contributed by atoms with Gasteiger partial charge >= 0.3 is 0 Å². The van der Waals surface area contributed by atoms with Crippen LogP contribution in [-0.2, 0) is 0 Å². The van der Waals surface area contributed by atoms with Gasteiger partial charge in [-0.3, -0.25) is 4.90 Å². The summed E-state index contributed by atoms with van der Waals surface area (Å²) in [5.74, 6) is 0. The first-order chi connectivity index (χ1) is 9.74. The molecule has 1 heterocycles. The summed E-state index contributed by atoms with van der Waals surface area (Å²) in [7, 11) is 4.23. The van der Waals surface area contributed by atoms with Crippen LogP contribution in [0.2, 0.25) is 0 Å². The van der Waals surface area contributed by atoms with Crippen LogP contribution in [0.1, 0.15) is 47.0 Å². The van der Waals surface area contributed by atoms with Gasteiger partial charge in [0.05, 0.1) is 6.10 Å². The summed E-state index contributed by atoms with van der Waals surface area (Å²) in [5, 5.41) is 13.7. The maximum Gasteiger partial charge on any atom is 0.0682 e. The number of likely N-dealkylation sites (tertiary alicyclic amines) is 1. The Balaban J connectivity index is 2.52. The zero-order chi connectivity index (χ0) is 16.0. The standard InChI is InChI=1S/C17H37N3O/c1-7-9-18-16(17(2,3)4)8-10-20-13-15(21)11-14(20)12-19(5)6/h14-16,18,21H,7-13H2,1-6H3. The lowest BCUT2D eigenvalue weighted by atomic mass is 9.84. The molecule has 0 bridgehead atoms. The second-order valence-electron chi connectivity index (χ2n) is 7.96. The van der Waals surface area contributed by atoms with E-state index in [4.69, 9.17) is 0 Å². The van der Waals surface area contributed by atoms with Crippen molar-refractivity contribution in [2.75, 3.05) is 40.3 Å². The number of nitrogens with zero attached hydrogens (tertiary/aromatic N) is 2. The maximum absolute atomic E-state index is 9.97. The molecule has 1 fully saturated rings. The summed E-state index contributed by atoms with van der Waals surface area (Å²) in [6.45, 7) is 13.2. The van der Waals surface area contributed by atoms with Crippen molar-refractivity contribution in [2.24, 2.45) is 5.41 Å². The van der Waals surface area contributed by atoms with Crippen molar-refractivity contribution in [3.8, 4) is 0 Å². The minimum atomic E-state index is -0.147. The Morgan fingerprint density at radius 1 is 1.33 bits per heavy atom. The molecule has 0 aromatic rings. The van der Waals surface area contributed by atoms with E-state index in [1.807, 2.05) is 0 Å². The molecule has 21 heavy (non-hydrogen) atoms. The van der Waals surface area contributed by atoms with Crippen LogP contribution < -0.4 is 5.32 Å². The van der Waals surface area contributed by atoms with Gasteiger partial charge in [-0.25, -0.2) is 0 Å². The normalized spacial score (nSPS) is 25.7. The summed E-state index contributed by atoms with van der Waals surface area (Å²) in [6, 6.07) is 1.04. The number of hydrogen-bond acceptors (Lipinski definition) is 4.